The Morgan fingerprint density at radius 3 is 1.81 bits per heavy atom. The van der Waals surface area contributed by atoms with Gasteiger partial charge in [-0.25, -0.2) is 4.98 Å². The SMILES string of the molecule is [2H]c1c([2H])c([2H])c(-c2c([2H])c(-c3cccc4c3-[n+]3[c-]n(-c5[c-]c(Oc6[c-]c7c(cc6)c6ccccc6n7-c6cc(C(C)(C)C)ccn6)ccc5)c5cccc(c53)-c3ccccc3-c3ccc(C(C)(C)C)cc3-4)c([2H])c(-c3c([2H])c([2H])c([2H])c([2H])c3[2H])c2[2H])c([2H])c1[2H].[Pt]. The molecule has 0 radical (unpaired) electrons. The second-order valence-electron chi connectivity index (χ2n) is 21.8. The summed E-state index contributed by atoms with van der Waals surface area (Å²) < 4.78 is 133. The van der Waals surface area contributed by atoms with Crippen LogP contribution in [-0.4, -0.2) is 14.1 Å². The van der Waals surface area contributed by atoms with E-state index in [-0.39, 0.29) is 43.0 Å². The third-order valence-corrected chi connectivity index (χ3v) is 14.8. The molecule has 0 aliphatic carbocycles. The van der Waals surface area contributed by atoms with Crippen molar-refractivity contribution >= 4 is 32.8 Å². The fraction of sp³-hybridized carbons (Fsp3) is 0.108. The largest absolute Gasteiger partial charge is 0.510 e. The fourth-order valence-corrected chi connectivity index (χ4v) is 10.9. The quantitative estimate of drug-likeness (QED) is 0.118. The van der Waals surface area contributed by atoms with Gasteiger partial charge < -0.3 is 13.9 Å². The van der Waals surface area contributed by atoms with E-state index in [0.29, 0.717) is 39.5 Å². The Labute approximate surface area is 500 Å². The number of nitrogens with zero attached hydrogens (tertiary/aromatic N) is 4. The van der Waals surface area contributed by atoms with Gasteiger partial charge in [-0.05, 0) is 136 Å². The Morgan fingerprint density at radius 2 is 1.07 bits per heavy atom. The molecule has 0 unspecified atom stereocenters. The van der Waals surface area contributed by atoms with Crippen molar-refractivity contribution in [2.75, 3.05) is 0 Å². The van der Waals surface area contributed by atoms with Gasteiger partial charge in [-0.1, -0.05) is 205 Å². The third-order valence-electron chi connectivity index (χ3n) is 14.8. The molecule has 13 aromatic rings. The van der Waals surface area contributed by atoms with Crippen LogP contribution in [-0.2, 0) is 31.9 Å². The molecule has 0 N–H and O–H groups in total. The van der Waals surface area contributed by atoms with E-state index in [1.54, 1.807) is 12.1 Å². The Hall–Kier alpha value is -8.89. The number of aromatic nitrogens is 4. The maximum absolute atomic E-state index is 10.4. The number of ether oxygens (including phenoxy) is 1. The number of imidazole rings is 1. The molecule has 1 aliphatic heterocycles. The van der Waals surface area contributed by atoms with Crippen LogP contribution >= 0.6 is 0 Å². The molecule has 0 spiro atoms. The van der Waals surface area contributed by atoms with Crippen molar-refractivity contribution in [2.45, 2.75) is 52.4 Å². The van der Waals surface area contributed by atoms with Gasteiger partial charge in [-0.3, -0.25) is 4.57 Å². The Bertz CT molecular complexity index is 5200. The van der Waals surface area contributed by atoms with Crippen LogP contribution in [0.3, 0.4) is 0 Å². The average Bonchev–Trinajstić information content (AvgIpc) is 1.72. The van der Waals surface area contributed by atoms with Gasteiger partial charge in [0.05, 0.1) is 34.5 Å². The first-order valence-electron chi connectivity index (χ1n) is 32.6. The summed E-state index contributed by atoms with van der Waals surface area (Å²) >= 11 is 0. The molecule has 0 saturated carbocycles. The molecule has 4 heterocycles. The molecule has 3 aromatic heterocycles. The van der Waals surface area contributed by atoms with Gasteiger partial charge >= 0.3 is 0 Å². The van der Waals surface area contributed by atoms with Crippen LogP contribution in [0.15, 0.2) is 230 Å². The Kier molecular flexibility index (Phi) is 9.36. The summed E-state index contributed by atoms with van der Waals surface area (Å²) in [6, 6.07) is 45.4. The topological polar surface area (TPSA) is 35.9 Å². The van der Waals surface area contributed by atoms with Crippen LogP contribution in [0.2, 0.25) is 0 Å². The summed E-state index contributed by atoms with van der Waals surface area (Å²) in [4.78, 5) is 4.86. The van der Waals surface area contributed by atoms with E-state index in [1.165, 1.54) is 0 Å². The first kappa shape index (κ1) is 37.8. The number of hydrogen-bond acceptors (Lipinski definition) is 2. The van der Waals surface area contributed by atoms with Crippen molar-refractivity contribution in [2.24, 2.45) is 0 Å². The average molecular weight is 1230 g/mol. The molecule has 10 aromatic carbocycles. The van der Waals surface area contributed by atoms with Gasteiger partial charge in [-0.15, -0.1) is 29.7 Å². The number of benzene rings is 10. The van der Waals surface area contributed by atoms with E-state index >= 15 is 0 Å². The molecule has 390 valence electrons. The predicted octanol–water partition coefficient (Wildman–Crippen LogP) is 18.5. The molecule has 0 amide bonds. The number of fused-ring (bicyclic) bond motifs is 10. The molecule has 5 nitrogen and oxygen atoms in total. The number of hydrogen-bond donors (Lipinski definition) is 0. The molecule has 0 atom stereocenters. The van der Waals surface area contributed by atoms with Crippen LogP contribution in [0.1, 0.15) is 70.5 Å². The standard InChI is InChI=1S/C74H56N4O.Pt/c1-73(2,3)53-34-36-61-59-26-13-14-27-60(59)64-31-19-33-68-72(64)77(71-58(29-18-30-65(71)66(61)43-53)52-41-50(48-20-9-7-10-21-48)40-51(42-52)49-22-11-8-12-23-49)47-76(68)55-24-17-25-56(45-55)79-57-35-37-63-62-28-15-16-32-67(62)78(69(63)46-57)70-44-54(38-39-75-70)74(4,5)6;/h7-44H,1-6H3;/q-2;/i7D,8D,9D,10D,11D,12D,20D,21D,22D,23D,40D,41D,42D;. The van der Waals surface area contributed by atoms with E-state index in [9.17, 15) is 9.60 Å². The van der Waals surface area contributed by atoms with Crippen LogP contribution < -0.4 is 9.30 Å². The van der Waals surface area contributed by atoms with Crippen LogP contribution in [0.25, 0.3) is 117 Å². The minimum Gasteiger partial charge on any atom is -0.510 e. The van der Waals surface area contributed by atoms with Crippen molar-refractivity contribution in [3.05, 3.63) is 260 Å². The minimum atomic E-state index is -0.748. The summed E-state index contributed by atoms with van der Waals surface area (Å²) in [6.45, 7) is 12.9. The summed E-state index contributed by atoms with van der Waals surface area (Å²) in [5.41, 5.74) is 8.12. The zero-order valence-corrected chi connectivity index (χ0v) is 46.7. The van der Waals surface area contributed by atoms with Gasteiger partial charge in [0.15, 0.2) is 0 Å². The van der Waals surface area contributed by atoms with Crippen molar-refractivity contribution < 1.29 is 48.2 Å². The maximum Gasteiger partial charge on any atom is 0.268 e. The van der Waals surface area contributed by atoms with E-state index in [2.05, 4.69) is 113 Å². The van der Waals surface area contributed by atoms with Crippen molar-refractivity contribution in [1.29, 1.82) is 0 Å². The zero-order valence-electron chi connectivity index (χ0n) is 57.4. The summed E-state index contributed by atoms with van der Waals surface area (Å²) in [5.74, 6) is 1.53. The third kappa shape index (κ3) is 8.78. The maximum atomic E-state index is 10.4. The summed E-state index contributed by atoms with van der Waals surface area (Å²) in [7, 11) is 0. The fourth-order valence-electron chi connectivity index (χ4n) is 10.9. The normalized spacial score (nSPS) is 14.3. The van der Waals surface area contributed by atoms with Gasteiger partial charge in [0.2, 0.25) is 0 Å². The molecular weight excluding hydrogens is 1160 g/mol. The van der Waals surface area contributed by atoms with Gasteiger partial charge in [-0.2, -0.15) is 18.2 Å². The van der Waals surface area contributed by atoms with Gasteiger partial charge in [0, 0.05) is 44.3 Å². The second kappa shape index (κ2) is 19.8. The summed E-state index contributed by atoms with van der Waals surface area (Å²) in [6.07, 6.45) is 5.55. The van der Waals surface area contributed by atoms with Crippen molar-refractivity contribution in [3.8, 4) is 95.5 Å². The number of pyridine rings is 1. The molecule has 80 heavy (non-hydrogen) atoms. The van der Waals surface area contributed by atoms with Gasteiger partial charge in [0.1, 0.15) is 5.82 Å². The number of rotatable bonds is 7. The first-order valence-corrected chi connectivity index (χ1v) is 26.1. The molecule has 1 aliphatic rings. The molecule has 6 heteroatoms. The van der Waals surface area contributed by atoms with Gasteiger partial charge in [0.25, 0.3) is 6.33 Å². The van der Waals surface area contributed by atoms with Crippen molar-refractivity contribution in [1.82, 2.24) is 14.1 Å². The van der Waals surface area contributed by atoms with E-state index in [0.717, 1.165) is 66.6 Å². The minimum absolute atomic E-state index is 0. The van der Waals surface area contributed by atoms with Crippen LogP contribution in [0, 0.1) is 18.5 Å². The Morgan fingerprint density at radius 1 is 0.487 bits per heavy atom. The molecule has 0 saturated heterocycles. The second-order valence-corrected chi connectivity index (χ2v) is 21.8. The predicted molar refractivity (Wildman–Crippen MR) is 324 cm³/mol. The van der Waals surface area contributed by atoms with E-state index in [4.69, 9.17) is 17.9 Å². The van der Waals surface area contributed by atoms with Crippen LogP contribution in [0.4, 0.5) is 0 Å². The Balaban J connectivity index is 0.00000787. The first-order chi connectivity index (χ1) is 43.8. The molecule has 0 bridgehead atoms. The zero-order chi connectivity index (χ0) is 64.9. The van der Waals surface area contributed by atoms with Crippen molar-refractivity contribution in [3.63, 3.8) is 0 Å². The number of para-hydroxylation sites is 3. The van der Waals surface area contributed by atoms with Crippen LogP contribution in [0.5, 0.6) is 11.5 Å². The molecular formula is C74H56N4OPt-2. The monoisotopic (exact) mass is 1220 g/mol. The van der Waals surface area contributed by atoms with E-state index in [1.807, 2.05) is 100 Å². The molecule has 14 rings (SSSR count). The smallest absolute Gasteiger partial charge is 0.268 e. The molecule has 0 fully saturated rings. The van der Waals surface area contributed by atoms with E-state index < -0.39 is 101 Å². The summed E-state index contributed by atoms with van der Waals surface area (Å²) in [5, 5.41) is 2.00.